The molecule has 0 radical (unpaired) electrons. The first-order chi connectivity index (χ1) is 11.3. The Balaban J connectivity index is 2.27. The van der Waals surface area contributed by atoms with Crippen molar-refractivity contribution in [2.24, 2.45) is 0 Å². The number of nitrogens with zero attached hydrogens (tertiary/aromatic N) is 1. The fourth-order valence-corrected chi connectivity index (χ4v) is 2.71. The van der Waals surface area contributed by atoms with Crippen LogP contribution in [0.1, 0.15) is 22.6 Å². The maximum Gasteiger partial charge on any atom is 0.173 e. The van der Waals surface area contributed by atoms with Crippen molar-refractivity contribution in [2.45, 2.75) is 12.5 Å². The summed E-state index contributed by atoms with van der Waals surface area (Å²) in [6.45, 7) is 1.75. The van der Waals surface area contributed by atoms with Crippen molar-refractivity contribution in [3.05, 3.63) is 86.9 Å². The molecular weight excluding hydrogens is 357 g/mol. The summed E-state index contributed by atoms with van der Waals surface area (Å²) in [5, 5.41) is 11.2. The average Bonchev–Trinajstić information content (AvgIpc) is 2.99. The van der Waals surface area contributed by atoms with Gasteiger partial charge in [0.05, 0.1) is 10.0 Å². The van der Waals surface area contributed by atoms with Crippen LogP contribution in [0.5, 0.6) is 0 Å². The highest BCUT2D eigenvalue weighted by Gasteiger charge is 2.37. The van der Waals surface area contributed by atoms with Crippen molar-refractivity contribution >= 4 is 23.2 Å². The molecule has 0 saturated heterocycles. The molecule has 3 nitrogen and oxygen atoms in total. The van der Waals surface area contributed by atoms with Crippen molar-refractivity contribution in [1.82, 2.24) is 9.97 Å². The summed E-state index contributed by atoms with van der Waals surface area (Å²) in [6.07, 6.45) is 1.51. The Morgan fingerprint density at radius 2 is 1.50 bits per heavy atom. The molecule has 24 heavy (non-hydrogen) atoms. The third-order valence-corrected chi connectivity index (χ3v) is 4.33. The fourth-order valence-electron chi connectivity index (χ4n) is 2.48. The van der Waals surface area contributed by atoms with Crippen LogP contribution < -0.4 is 0 Å². The number of aromatic nitrogens is 2. The predicted octanol–water partition coefficient (Wildman–Crippen LogP) is 4.59. The largest absolute Gasteiger partial charge is 0.373 e. The zero-order chi connectivity index (χ0) is 17.5. The lowest BCUT2D eigenvalue weighted by Gasteiger charge is -2.27. The van der Waals surface area contributed by atoms with E-state index in [9.17, 15) is 13.9 Å². The van der Waals surface area contributed by atoms with Crippen LogP contribution in [0.25, 0.3) is 0 Å². The number of hydrogen-bond donors (Lipinski definition) is 2. The molecule has 7 heteroatoms. The Bertz CT molecular complexity index is 860. The van der Waals surface area contributed by atoms with Crippen LogP contribution in [0.4, 0.5) is 8.78 Å². The fraction of sp³-hybridized carbons (Fsp3) is 0.118. The number of imidazole rings is 1. The molecule has 124 valence electrons. The molecule has 0 saturated carbocycles. The van der Waals surface area contributed by atoms with E-state index in [1.54, 1.807) is 6.92 Å². The van der Waals surface area contributed by atoms with Gasteiger partial charge in [-0.3, -0.25) is 0 Å². The standard InChI is InChI=1S/C17H12Cl2F2N2O/c1-9-8-22-16(23-9)17(24,10-2-4-12(18)14(20)6-10)11-3-5-13(19)15(21)7-11/h2-8,24H,1H3,(H,22,23). The lowest BCUT2D eigenvalue weighted by atomic mass is 9.85. The van der Waals surface area contributed by atoms with E-state index in [1.165, 1.54) is 30.5 Å². The molecule has 0 spiro atoms. The van der Waals surface area contributed by atoms with Gasteiger partial charge in [0.1, 0.15) is 17.5 Å². The minimum Gasteiger partial charge on any atom is -0.373 e. The normalized spacial score (nSPS) is 11.8. The first-order valence-corrected chi connectivity index (χ1v) is 7.73. The van der Waals surface area contributed by atoms with Crippen molar-refractivity contribution < 1.29 is 13.9 Å². The van der Waals surface area contributed by atoms with E-state index in [0.717, 1.165) is 12.1 Å². The molecule has 3 aromatic rings. The second-order valence-electron chi connectivity index (χ2n) is 5.38. The van der Waals surface area contributed by atoms with Gasteiger partial charge in [0.2, 0.25) is 0 Å². The first kappa shape index (κ1) is 16.9. The summed E-state index contributed by atoms with van der Waals surface area (Å²) in [7, 11) is 0. The van der Waals surface area contributed by atoms with Gasteiger partial charge < -0.3 is 10.1 Å². The van der Waals surface area contributed by atoms with Gasteiger partial charge >= 0.3 is 0 Å². The van der Waals surface area contributed by atoms with E-state index in [0.29, 0.717) is 5.69 Å². The van der Waals surface area contributed by atoms with Gasteiger partial charge in [-0.05, 0) is 42.3 Å². The molecule has 0 atom stereocenters. The van der Waals surface area contributed by atoms with Gasteiger partial charge in [0, 0.05) is 11.9 Å². The monoisotopic (exact) mass is 368 g/mol. The molecule has 2 aromatic carbocycles. The molecule has 0 amide bonds. The number of hydrogen-bond acceptors (Lipinski definition) is 2. The van der Waals surface area contributed by atoms with Crippen molar-refractivity contribution in [3.63, 3.8) is 0 Å². The van der Waals surface area contributed by atoms with Crippen LogP contribution in [0.15, 0.2) is 42.6 Å². The number of benzene rings is 2. The lowest BCUT2D eigenvalue weighted by Crippen LogP contribution is -2.30. The van der Waals surface area contributed by atoms with Crippen LogP contribution in [0, 0.1) is 18.6 Å². The summed E-state index contributed by atoms with van der Waals surface area (Å²) in [5.41, 5.74) is -0.904. The molecule has 2 N–H and O–H groups in total. The zero-order valence-corrected chi connectivity index (χ0v) is 14.0. The van der Waals surface area contributed by atoms with Gasteiger partial charge in [-0.15, -0.1) is 0 Å². The number of H-pyrrole nitrogens is 1. The van der Waals surface area contributed by atoms with Crippen LogP contribution in [0.2, 0.25) is 10.0 Å². The Morgan fingerprint density at radius 1 is 1.00 bits per heavy atom. The van der Waals surface area contributed by atoms with E-state index in [2.05, 4.69) is 9.97 Å². The predicted molar refractivity (Wildman–Crippen MR) is 88.2 cm³/mol. The summed E-state index contributed by atoms with van der Waals surface area (Å²) in [5.74, 6) is -1.28. The van der Waals surface area contributed by atoms with Gasteiger partial charge in [0.25, 0.3) is 0 Å². The number of aliphatic hydroxyl groups is 1. The number of halogens is 4. The second-order valence-corrected chi connectivity index (χ2v) is 6.20. The maximum absolute atomic E-state index is 13.9. The summed E-state index contributed by atoms with van der Waals surface area (Å²) < 4.78 is 27.8. The second kappa shape index (κ2) is 6.16. The first-order valence-electron chi connectivity index (χ1n) is 6.98. The summed E-state index contributed by atoms with van der Waals surface area (Å²) >= 11 is 11.4. The third kappa shape index (κ3) is 2.79. The highest BCUT2D eigenvalue weighted by molar-refractivity contribution is 6.31. The van der Waals surface area contributed by atoms with E-state index in [4.69, 9.17) is 23.2 Å². The molecule has 0 aliphatic heterocycles. The highest BCUT2D eigenvalue weighted by Crippen LogP contribution is 2.37. The quantitative estimate of drug-likeness (QED) is 0.710. The van der Waals surface area contributed by atoms with E-state index < -0.39 is 17.2 Å². The Hall–Kier alpha value is -1.95. The maximum atomic E-state index is 13.9. The number of aromatic amines is 1. The van der Waals surface area contributed by atoms with Crippen LogP contribution in [-0.2, 0) is 5.60 Å². The van der Waals surface area contributed by atoms with Gasteiger partial charge in [-0.25, -0.2) is 13.8 Å². The summed E-state index contributed by atoms with van der Waals surface area (Å²) in [6, 6.07) is 7.73. The smallest absolute Gasteiger partial charge is 0.173 e. The zero-order valence-electron chi connectivity index (χ0n) is 12.4. The molecule has 0 aliphatic carbocycles. The SMILES string of the molecule is Cc1cnc(C(O)(c2ccc(Cl)c(F)c2)c2ccc(Cl)c(F)c2)[nH]1. The average molecular weight is 369 g/mol. The number of rotatable bonds is 3. The summed E-state index contributed by atoms with van der Waals surface area (Å²) in [4.78, 5) is 7.04. The van der Waals surface area contributed by atoms with Crippen molar-refractivity contribution in [2.75, 3.05) is 0 Å². The van der Waals surface area contributed by atoms with Gasteiger partial charge in [-0.2, -0.15) is 0 Å². The number of nitrogens with one attached hydrogen (secondary N) is 1. The van der Waals surface area contributed by atoms with Crippen molar-refractivity contribution in [1.29, 1.82) is 0 Å². The third-order valence-electron chi connectivity index (χ3n) is 3.72. The molecule has 0 unspecified atom stereocenters. The van der Waals surface area contributed by atoms with E-state index >= 15 is 0 Å². The van der Waals surface area contributed by atoms with E-state index in [-0.39, 0.29) is 27.0 Å². The Kier molecular flexibility index (Phi) is 4.34. The molecular formula is C17H12Cl2F2N2O. The molecule has 1 heterocycles. The van der Waals surface area contributed by atoms with Gasteiger partial charge in [-0.1, -0.05) is 35.3 Å². The lowest BCUT2D eigenvalue weighted by molar-refractivity contribution is 0.115. The molecule has 3 rings (SSSR count). The molecule has 0 bridgehead atoms. The van der Waals surface area contributed by atoms with E-state index in [1.807, 2.05) is 0 Å². The van der Waals surface area contributed by atoms with Gasteiger partial charge in [0.15, 0.2) is 5.60 Å². The highest BCUT2D eigenvalue weighted by atomic mass is 35.5. The Morgan fingerprint density at radius 3 is 1.88 bits per heavy atom. The molecule has 0 fully saturated rings. The molecule has 0 aliphatic rings. The minimum absolute atomic E-state index is 0.0842. The van der Waals surface area contributed by atoms with Crippen LogP contribution >= 0.6 is 23.2 Å². The van der Waals surface area contributed by atoms with Crippen LogP contribution in [-0.4, -0.2) is 15.1 Å². The van der Waals surface area contributed by atoms with Crippen molar-refractivity contribution in [3.8, 4) is 0 Å². The molecule has 1 aromatic heterocycles. The topological polar surface area (TPSA) is 48.9 Å². The number of aryl methyl sites for hydroxylation is 1. The Labute approximate surface area is 146 Å². The van der Waals surface area contributed by atoms with Crippen LogP contribution in [0.3, 0.4) is 0 Å². The minimum atomic E-state index is -1.90.